The first-order valence-electron chi connectivity index (χ1n) is 9.90. The molecule has 2 N–H and O–H groups in total. The Labute approximate surface area is 187 Å². The zero-order chi connectivity index (χ0) is 23.5. The van der Waals surface area contributed by atoms with Gasteiger partial charge in [0.15, 0.2) is 5.78 Å². The van der Waals surface area contributed by atoms with Crippen molar-refractivity contribution in [3.63, 3.8) is 0 Å². The normalized spacial score (nSPS) is 15.2. The molecule has 172 valence electrons. The van der Waals surface area contributed by atoms with Crippen molar-refractivity contribution in [2.45, 2.75) is 12.8 Å². The van der Waals surface area contributed by atoms with Gasteiger partial charge in [0.25, 0.3) is 5.91 Å². The Morgan fingerprint density at radius 1 is 0.750 bits per heavy atom. The summed E-state index contributed by atoms with van der Waals surface area (Å²) in [5.74, 6) is -0.411. The van der Waals surface area contributed by atoms with Crippen LogP contribution >= 0.6 is 0 Å². The fraction of sp³-hybridized carbons (Fsp3) is 0.333. The van der Waals surface area contributed by atoms with Gasteiger partial charge >= 0.3 is 0 Å². The molecule has 2 aromatic rings. The summed E-state index contributed by atoms with van der Waals surface area (Å²) in [7, 11) is -6.77. The highest BCUT2D eigenvalue weighted by molar-refractivity contribution is 7.92. The van der Waals surface area contributed by atoms with E-state index in [-0.39, 0.29) is 17.6 Å². The van der Waals surface area contributed by atoms with E-state index in [1.165, 1.54) is 12.1 Å². The number of anilines is 2. The lowest BCUT2D eigenvalue weighted by Gasteiger charge is -2.31. The SMILES string of the molecule is CS(=O)(=O)Nc1ccc(C(=O)C2CCN(C(=O)c3ccc(NS(C)(=O)=O)cc3)CC2)cc1. The summed E-state index contributed by atoms with van der Waals surface area (Å²) in [6.45, 7) is 0.874. The van der Waals surface area contributed by atoms with Gasteiger partial charge < -0.3 is 4.90 Å². The van der Waals surface area contributed by atoms with Crippen LogP contribution in [0.25, 0.3) is 0 Å². The molecule has 1 heterocycles. The zero-order valence-corrected chi connectivity index (χ0v) is 19.4. The van der Waals surface area contributed by atoms with E-state index in [1.54, 1.807) is 41.3 Å². The number of ketones is 1. The number of hydrogen-bond donors (Lipinski definition) is 2. The maximum Gasteiger partial charge on any atom is 0.253 e. The number of carbonyl (C=O) groups is 2. The van der Waals surface area contributed by atoms with Crippen molar-refractivity contribution in [1.82, 2.24) is 4.90 Å². The number of nitrogens with zero attached hydrogens (tertiary/aromatic N) is 1. The third-order valence-electron chi connectivity index (χ3n) is 5.06. The van der Waals surface area contributed by atoms with Gasteiger partial charge in [-0.25, -0.2) is 16.8 Å². The fourth-order valence-corrected chi connectivity index (χ4v) is 4.70. The van der Waals surface area contributed by atoms with E-state index < -0.39 is 20.0 Å². The van der Waals surface area contributed by atoms with Crippen molar-refractivity contribution in [1.29, 1.82) is 0 Å². The number of carbonyl (C=O) groups excluding carboxylic acids is 2. The molecule has 3 rings (SSSR count). The highest BCUT2D eigenvalue weighted by Crippen LogP contribution is 2.24. The second-order valence-electron chi connectivity index (χ2n) is 7.83. The number of sulfonamides is 2. The van der Waals surface area contributed by atoms with Gasteiger partial charge in [0.05, 0.1) is 12.5 Å². The van der Waals surface area contributed by atoms with Gasteiger partial charge in [0.1, 0.15) is 0 Å². The minimum Gasteiger partial charge on any atom is -0.339 e. The Morgan fingerprint density at radius 2 is 1.16 bits per heavy atom. The largest absolute Gasteiger partial charge is 0.339 e. The van der Waals surface area contributed by atoms with Gasteiger partial charge in [-0.2, -0.15) is 0 Å². The van der Waals surface area contributed by atoms with Gasteiger partial charge in [-0.05, 0) is 61.4 Å². The van der Waals surface area contributed by atoms with Crippen LogP contribution < -0.4 is 9.44 Å². The lowest BCUT2D eigenvalue weighted by atomic mass is 9.88. The molecule has 0 radical (unpaired) electrons. The number of likely N-dealkylation sites (tertiary alicyclic amines) is 1. The maximum atomic E-state index is 12.8. The van der Waals surface area contributed by atoms with Crippen LogP contribution in [0.15, 0.2) is 48.5 Å². The van der Waals surface area contributed by atoms with Crippen molar-refractivity contribution in [3.05, 3.63) is 59.7 Å². The number of benzene rings is 2. The fourth-order valence-electron chi connectivity index (χ4n) is 3.57. The minimum absolute atomic E-state index is 0.0285. The molecule has 1 aliphatic heterocycles. The van der Waals surface area contributed by atoms with E-state index in [1.807, 2.05) is 0 Å². The van der Waals surface area contributed by atoms with E-state index in [4.69, 9.17) is 0 Å². The second kappa shape index (κ2) is 9.29. The van der Waals surface area contributed by atoms with Gasteiger partial charge in [-0.15, -0.1) is 0 Å². The number of rotatable bonds is 7. The third-order valence-corrected chi connectivity index (χ3v) is 6.27. The monoisotopic (exact) mass is 479 g/mol. The molecule has 1 amide bonds. The molecular weight excluding hydrogens is 454 g/mol. The quantitative estimate of drug-likeness (QED) is 0.586. The lowest BCUT2D eigenvalue weighted by molar-refractivity contribution is 0.0650. The molecule has 1 saturated heterocycles. The maximum absolute atomic E-state index is 12.8. The predicted molar refractivity (Wildman–Crippen MR) is 123 cm³/mol. The zero-order valence-electron chi connectivity index (χ0n) is 17.7. The molecule has 1 aliphatic rings. The molecule has 9 nitrogen and oxygen atoms in total. The summed E-state index contributed by atoms with van der Waals surface area (Å²) in [5, 5.41) is 0. The summed E-state index contributed by atoms with van der Waals surface area (Å²) in [6, 6.07) is 12.5. The van der Waals surface area contributed by atoms with Crippen LogP contribution in [-0.4, -0.2) is 59.0 Å². The summed E-state index contributed by atoms with van der Waals surface area (Å²) >= 11 is 0. The molecule has 0 bridgehead atoms. The van der Waals surface area contributed by atoms with E-state index in [2.05, 4.69) is 9.44 Å². The highest BCUT2D eigenvalue weighted by atomic mass is 32.2. The van der Waals surface area contributed by atoms with E-state index >= 15 is 0 Å². The summed E-state index contributed by atoms with van der Waals surface area (Å²) in [6.07, 6.45) is 3.17. The first-order valence-corrected chi connectivity index (χ1v) is 13.7. The van der Waals surface area contributed by atoms with Crippen molar-refractivity contribution in [2.75, 3.05) is 35.0 Å². The summed E-state index contributed by atoms with van der Waals surface area (Å²) in [5.41, 5.74) is 1.72. The number of nitrogens with one attached hydrogen (secondary N) is 2. The number of amides is 1. The van der Waals surface area contributed by atoms with Crippen LogP contribution in [0.3, 0.4) is 0 Å². The van der Waals surface area contributed by atoms with Crippen LogP contribution in [-0.2, 0) is 20.0 Å². The van der Waals surface area contributed by atoms with Crippen LogP contribution in [0.2, 0.25) is 0 Å². The first-order chi connectivity index (χ1) is 14.9. The topological polar surface area (TPSA) is 130 Å². The van der Waals surface area contributed by atoms with Gasteiger partial charge in [0, 0.05) is 41.5 Å². The predicted octanol–water partition coefficient (Wildman–Crippen LogP) is 2.16. The molecule has 2 aromatic carbocycles. The van der Waals surface area contributed by atoms with Gasteiger partial charge in [-0.3, -0.25) is 19.0 Å². The summed E-state index contributed by atoms with van der Waals surface area (Å²) in [4.78, 5) is 27.2. The summed E-state index contributed by atoms with van der Waals surface area (Å²) < 4.78 is 49.9. The molecule has 0 spiro atoms. The Morgan fingerprint density at radius 3 is 1.56 bits per heavy atom. The first kappa shape index (κ1) is 23.7. The van der Waals surface area contributed by atoms with Crippen LogP contribution in [0.5, 0.6) is 0 Å². The smallest absolute Gasteiger partial charge is 0.253 e. The third kappa shape index (κ3) is 6.54. The Hall–Kier alpha value is -2.92. The van der Waals surface area contributed by atoms with E-state index in [0.717, 1.165) is 12.5 Å². The van der Waals surface area contributed by atoms with Crippen molar-refractivity contribution >= 4 is 43.1 Å². The molecule has 1 fully saturated rings. The second-order valence-corrected chi connectivity index (χ2v) is 11.3. The van der Waals surface area contributed by atoms with E-state index in [9.17, 15) is 26.4 Å². The van der Waals surface area contributed by atoms with Crippen molar-refractivity contribution < 1.29 is 26.4 Å². The molecule has 0 atom stereocenters. The molecule has 11 heteroatoms. The minimum atomic E-state index is -3.39. The Balaban J connectivity index is 1.57. The van der Waals surface area contributed by atoms with E-state index in [0.29, 0.717) is 48.4 Å². The Kier molecular flexibility index (Phi) is 6.89. The van der Waals surface area contributed by atoms with Crippen LogP contribution in [0.1, 0.15) is 33.6 Å². The van der Waals surface area contributed by atoms with Crippen molar-refractivity contribution in [2.24, 2.45) is 5.92 Å². The van der Waals surface area contributed by atoms with Crippen LogP contribution in [0.4, 0.5) is 11.4 Å². The Bertz CT molecular complexity index is 1100. The molecule has 0 unspecified atom stereocenters. The molecule has 0 saturated carbocycles. The van der Waals surface area contributed by atoms with Gasteiger partial charge in [0.2, 0.25) is 20.0 Å². The number of hydrogen-bond acceptors (Lipinski definition) is 6. The molecule has 0 aromatic heterocycles. The average molecular weight is 480 g/mol. The average Bonchev–Trinajstić information content (AvgIpc) is 2.72. The number of piperidine rings is 1. The van der Waals surface area contributed by atoms with Gasteiger partial charge in [-0.1, -0.05) is 0 Å². The lowest BCUT2D eigenvalue weighted by Crippen LogP contribution is -2.40. The van der Waals surface area contributed by atoms with Crippen LogP contribution in [0, 0.1) is 5.92 Å². The highest BCUT2D eigenvalue weighted by Gasteiger charge is 2.28. The number of Topliss-reactive ketones (excluding diaryl/α,β-unsaturated/α-hetero) is 1. The van der Waals surface area contributed by atoms with Crippen molar-refractivity contribution in [3.8, 4) is 0 Å². The molecule has 32 heavy (non-hydrogen) atoms. The molecule has 0 aliphatic carbocycles. The standard InChI is InChI=1S/C21H25N3O6S2/c1-31(27,28)22-18-7-3-15(4-8-18)20(25)16-11-13-24(14-12-16)21(26)17-5-9-19(10-6-17)23-32(2,29)30/h3-10,16,22-23H,11-14H2,1-2H3. The molecular formula is C21H25N3O6S2.